The third-order valence-corrected chi connectivity index (χ3v) is 2.65. The van der Waals surface area contributed by atoms with Crippen molar-refractivity contribution in [2.24, 2.45) is 0 Å². The molecule has 0 amide bonds. The third-order valence-electron chi connectivity index (χ3n) is 1.74. The molecule has 1 aliphatic carbocycles. The van der Waals surface area contributed by atoms with Gasteiger partial charge in [0.25, 0.3) is 0 Å². The van der Waals surface area contributed by atoms with Crippen LogP contribution < -0.4 is 0 Å². The van der Waals surface area contributed by atoms with Crippen molar-refractivity contribution in [3.05, 3.63) is 21.2 Å². The second-order valence-corrected chi connectivity index (χ2v) is 3.29. The lowest BCUT2D eigenvalue weighted by molar-refractivity contribution is -0.115. The molecule has 0 radical (unpaired) electrons. The van der Waals surface area contributed by atoms with E-state index >= 15 is 0 Å². The maximum absolute atomic E-state index is 11.3. The lowest BCUT2D eigenvalue weighted by atomic mass is 9.98. The SMILES string of the molecule is CC1=C(Cl)C(=O)C(Cl)=C(C)C1=O. The summed E-state index contributed by atoms with van der Waals surface area (Å²) in [4.78, 5) is 22.4. The molecule has 2 nitrogen and oxygen atoms in total. The fraction of sp³-hybridized carbons (Fsp3) is 0.250. The Balaban J connectivity index is 3.32. The molecule has 0 fully saturated rings. The van der Waals surface area contributed by atoms with Gasteiger partial charge in [0, 0.05) is 11.1 Å². The number of halogens is 2. The van der Waals surface area contributed by atoms with Gasteiger partial charge in [-0.1, -0.05) is 23.2 Å². The normalized spacial score (nSPS) is 19.3. The van der Waals surface area contributed by atoms with Crippen molar-refractivity contribution in [3.63, 3.8) is 0 Å². The maximum Gasteiger partial charge on any atom is 0.216 e. The van der Waals surface area contributed by atoms with Crippen LogP contribution in [0.2, 0.25) is 0 Å². The molecule has 0 bridgehead atoms. The molecule has 0 aromatic carbocycles. The predicted molar refractivity (Wildman–Crippen MR) is 47.1 cm³/mol. The van der Waals surface area contributed by atoms with Crippen LogP contribution in [0.15, 0.2) is 21.2 Å². The Bertz CT molecular complexity index is 275. The molecule has 0 N–H and O–H groups in total. The van der Waals surface area contributed by atoms with Gasteiger partial charge < -0.3 is 0 Å². The van der Waals surface area contributed by atoms with Crippen LogP contribution in [0.25, 0.3) is 0 Å². The Morgan fingerprint density at radius 1 is 0.833 bits per heavy atom. The van der Waals surface area contributed by atoms with E-state index < -0.39 is 5.78 Å². The van der Waals surface area contributed by atoms with Crippen molar-refractivity contribution in [2.45, 2.75) is 13.8 Å². The minimum Gasteiger partial charge on any atom is -0.289 e. The van der Waals surface area contributed by atoms with Gasteiger partial charge in [-0.15, -0.1) is 0 Å². The molecular formula is C8H6Cl2O2. The summed E-state index contributed by atoms with van der Waals surface area (Å²) in [5.41, 5.74) is 0.534. The van der Waals surface area contributed by atoms with Gasteiger partial charge in [-0.05, 0) is 13.8 Å². The standard InChI is InChI=1S/C8H6Cl2O2/c1-3-5(9)8(12)6(10)4(2)7(3)11/h1-2H3. The predicted octanol–water partition coefficient (Wildman–Crippen LogP) is 2.16. The minimum atomic E-state index is -0.465. The largest absolute Gasteiger partial charge is 0.289 e. The molecule has 0 unspecified atom stereocenters. The molecule has 12 heavy (non-hydrogen) atoms. The van der Waals surface area contributed by atoms with Crippen molar-refractivity contribution in [1.82, 2.24) is 0 Å². The van der Waals surface area contributed by atoms with E-state index in [0.29, 0.717) is 0 Å². The highest BCUT2D eigenvalue weighted by molar-refractivity contribution is 6.58. The number of hydrogen-bond acceptors (Lipinski definition) is 2. The van der Waals surface area contributed by atoms with Gasteiger partial charge >= 0.3 is 0 Å². The van der Waals surface area contributed by atoms with E-state index in [1.165, 1.54) is 13.8 Å². The smallest absolute Gasteiger partial charge is 0.216 e. The van der Waals surface area contributed by atoms with Gasteiger partial charge in [0.1, 0.15) is 0 Å². The molecule has 1 aliphatic rings. The van der Waals surface area contributed by atoms with Crippen LogP contribution in [-0.2, 0) is 9.59 Å². The zero-order chi connectivity index (χ0) is 9.46. The Hall–Kier alpha value is -0.600. The molecule has 0 atom stereocenters. The second-order valence-electron chi connectivity index (χ2n) is 2.54. The number of ketones is 2. The Labute approximate surface area is 79.8 Å². The van der Waals surface area contributed by atoms with Crippen molar-refractivity contribution in [2.75, 3.05) is 0 Å². The molecule has 0 heterocycles. The van der Waals surface area contributed by atoms with Gasteiger partial charge in [0.15, 0.2) is 5.78 Å². The van der Waals surface area contributed by atoms with Crippen molar-refractivity contribution >= 4 is 34.8 Å². The molecule has 1 rings (SSSR count). The van der Waals surface area contributed by atoms with Gasteiger partial charge in [0.05, 0.1) is 10.1 Å². The number of allylic oxidation sites excluding steroid dienone is 4. The number of rotatable bonds is 0. The average molecular weight is 205 g/mol. The Morgan fingerprint density at radius 3 is 1.50 bits per heavy atom. The quantitative estimate of drug-likeness (QED) is 0.568. The minimum absolute atomic E-state index is 0.0735. The zero-order valence-electron chi connectivity index (χ0n) is 6.57. The van der Waals surface area contributed by atoms with Crippen molar-refractivity contribution in [3.8, 4) is 0 Å². The number of carbonyl (C=O) groups excluding carboxylic acids is 2. The van der Waals surface area contributed by atoms with Gasteiger partial charge in [-0.3, -0.25) is 9.59 Å². The first-order valence-corrected chi connectivity index (χ1v) is 4.04. The van der Waals surface area contributed by atoms with Crippen LogP contribution in [0.3, 0.4) is 0 Å². The fourth-order valence-corrected chi connectivity index (χ4v) is 1.33. The molecule has 0 saturated heterocycles. The molecular weight excluding hydrogens is 199 g/mol. The maximum atomic E-state index is 11.3. The van der Waals surface area contributed by atoms with E-state index in [0.717, 1.165) is 0 Å². The van der Waals surface area contributed by atoms with Crippen LogP contribution >= 0.6 is 23.2 Å². The van der Waals surface area contributed by atoms with Gasteiger partial charge in [-0.25, -0.2) is 0 Å². The van der Waals surface area contributed by atoms with E-state index in [-0.39, 0.29) is 27.0 Å². The molecule has 0 saturated carbocycles. The number of hydrogen-bond donors (Lipinski definition) is 0. The van der Waals surface area contributed by atoms with Gasteiger partial charge in [-0.2, -0.15) is 0 Å². The first kappa shape index (κ1) is 9.49. The van der Waals surface area contributed by atoms with Crippen LogP contribution in [0.4, 0.5) is 0 Å². The van der Waals surface area contributed by atoms with Gasteiger partial charge in [0.2, 0.25) is 5.78 Å². The van der Waals surface area contributed by atoms with Crippen molar-refractivity contribution < 1.29 is 9.59 Å². The lowest BCUT2D eigenvalue weighted by Crippen LogP contribution is -2.16. The van der Waals surface area contributed by atoms with E-state index in [1.807, 2.05) is 0 Å². The molecule has 64 valence electrons. The van der Waals surface area contributed by atoms with E-state index in [2.05, 4.69) is 0 Å². The molecule has 4 heteroatoms. The molecule has 0 aromatic heterocycles. The monoisotopic (exact) mass is 204 g/mol. The highest BCUT2D eigenvalue weighted by Crippen LogP contribution is 2.28. The van der Waals surface area contributed by atoms with Crippen LogP contribution in [0.5, 0.6) is 0 Å². The number of carbonyl (C=O) groups is 2. The van der Waals surface area contributed by atoms with Crippen molar-refractivity contribution in [1.29, 1.82) is 0 Å². The highest BCUT2D eigenvalue weighted by atomic mass is 35.5. The van der Waals surface area contributed by atoms with Crippen LogP contribution in [0.1, 0.15) is 13.8 Å². The van der Waals surface area contributed by atoms with Crippen LogP contribution in [0, 0.1) is 0 Å². The summed E-state index contributed by atoms with van der Waals surface area (Å²) in [7, 11) is 0. The van der Waals surface area contributed by atoms with E-state index in [1.54, 1.807) is 0 Å². The summed E-state index contributed by atoms with van der Waals surface area (Å²) in [6.07, 6.45) is 0. The summed E-state index contributed by atoms with van der Waals surface area (Å²) in [5.74, 6) is -0.725. The summed E-state index contributed by atoms with van der Waals surface area (Å²) in [6.45, 7) is 3.02. The number of Topliss-reactive ketones (excluding diaryl/α,β-unsaturated/α-hetero) is 2. The first-order chi connectivity index (χ1) is 5.46. The Kier molecular flexibility index (Phi) is 2.40. The Morgan fingerprint density at radius 2 is 1.17 bits per heavy atom. The highest BCUT2D eigenvalue weighted by Gasteiger charge is 2.27. The lowest BCUT2D eigenvalue weighted by Gasteiger charge is -2.11. The second kappa shape index (κ2) is 3.04. The van der Waals surface area contributed by atoms with E-state index in [9.17, 15) is 9.59 Å². The summed E-state index contributed by atoms with van der Waals surface area (Å²) in [6, 6.07) is 0. The zero-order valence-corrected chi connectivity index (χ0v) is 8.08. The summed E-state index contributed by atoms with van der Waals surface area (Å²) >= 11 is 11.1. The third kappa shape index (κ3) is 1.21. The summed E-state index contributed by atoms with van der Waals surface area (Å²) < 4.78 is 0. The molecule has 0 spiro atoms. The fourth-order valence-electron chi connectivity index (χ4n) is 0.918. The van der Waals surface area contributed by atoms with Crippen LogP contribution in [-0.4, -0.2) is 11.6 Å². The summed E-state index contributed by atoms with van der Waals surface area (Å²) in [5, 5.41) is -0.147. The average Bonchev–Trinajstić information content (AvgIpc) is 2.08. The topological polar surface area (TPSA) is 34.1 Å². The first-order valence-electron chi connectivity index (χ1n) is 3.29. The molecule has 0 aromatic rings. The van der Waals surface area contributed by atoms with E-state index in [4.69, 9.17) is 23.2 Å². The molecule has 0 aliphatic heterocycles.